The van der Waals surface area contributed by atoms with Gasteiger partial charge in [0.25, 0.3) is 0 Å². The predicted molar refractivity (Wildman–Crippen MR) is 266 cm³/mol. The van der Waals surface area contributed by atoms with Crippen molar-refractivity contribution in [1.29, 1.82) is 0 Å². The summed E-state index contributed by atoms with van der Waals surface area (Å²) in [5.41, 5.74) is 14.8. The molecule has 0 N–H and O–H groups in total. The Hall–Kier alpha value is -8.06. The van der Waals surface area contributed by atoms with Gasteiger partial charge in [-0.2, -0.15) is 0 Å². The van der Waals surface area contributed by atoms with Gasteiger partial charge in [-0.1, -0.05) is 231 Å². The van der Waals surface area contributed by atoms with Gasteiger partial charge in [0, 0.05) is 0 Å². The lowest BCUT2D eigenvalue weighted by atomic mass is 9.89. The highest BCUT2D eigenvalue weighted by atomic mass is 14.2. The molecule has 0 unspecified atom stereocenters. The van der Waals surface area contributed by atoms with Gasteiger partial charge in [-0.3, -0.25) is 0 Å². The standard InChI is InChI=1S/C62H38/c1-3-49-27-29-53-31-35-55(57-37-33-51(5-1)59(49)61(53)57)47-23-19-45(20-24-47)43-15-11-41(12-16-43)39-7-9-40(10-8-39)42-13-17-44(18-14-42)46-21-25-48(26-22-46)56-36-32-54-30-28-50-4-2-6-52-34-38-58(56)62(54)60(50)52/h1-38H. The first-order valence-corrected chi connectivity index (χ1v) is 21.6. The molecule has 13 rings (SSSR count). The Kier molecular flexibility index (Phi) is 7.71. The summed E-state index contributed by atoms with van der Waals surface area (Å²) in [5.74, 6) is 0. The van der Waals surface area contributed by atoms with Gasteiger partial charge >= 0.3 is 0 Å². The van der Waals surface area contributed by atoms with E-state index >= 15 is 0 Å². The van der Waals surface area contributed by atoms with E-state index in [1.54, 1.807) is 0 Å². The van der Waals surface area contributed by atoms with Gasteiger partial charge in [-0.05, 0) is 131 Å². The van der Waals surface area contributed by atoms with Crippen LogP contribution in [0.1, 0.15) is 0 Å². The zero-order valence-electron chi connectivity index (χ0n) is 33.9. The maximum atomic E-state index is 2.30. The molecule has 286 valence electrons. The summed E-state index contributed by atoms with van der Waals surface area (Å²) in [6.07, 6.45) is 0. The number of hydrogen-bond donors (Lipinski definition) is 0. The van der Waals surface area contributed by atoms with Gasteiger partial charge in [-0.25, -0.2) is 0 Å². The molecule has 0 amide bonds. The second-order valence-electron chi connectivity index (χ2n) is 16.8. The largest absolute Gasteiger partial charge is 0.0610 e. The molecule has 0 aromatic heterocycles. The van der Waals surface area contributed by atoms with E-state index < -0.39 is 0 Å². The van der Waals surface area contributed by atoms with Crippen LogP contribution in [0.2, 0.25) is 0 Å². The summed E-state index contributed by atoms with van der Waals surface area (Å²) < 4.78 is 0. The second-order valence-corrected chi connectivity index (χ2v) is 16.8. The van der Waals surface area contributed by atoms with E-state index in [9.17, 15) is 0 Å². The van der Waals surface area contributed by atoms with E-state index in [0.717, 1.165) is 0 Å². The minimum atomic E-state index is 1.21. The molecule has 0 saturated heterocycles. The zero-order valence-corrected chi connectivity index (χ0v) is 33.9. The van der Waals surface area contributed by atoms with Crippen LogP contribution in [0.3, 0.4) is 0 Å². The molecule has 0 radical (unpaired) electrons. The molecule has 0 heteroatoms. The summed E-state index contributed by atoms with van der Waals surface area (Å²) >= 11 is 0. The Morgan fingerprint density at radius 1 is 0.145 bits per heavy atom. The van der Waals surface area contributed by atoms with Crippen LogP contribution < -0.4 is 0 Å². The van der Waals surface area contributed by atoms with Crippen molar-refractivity contribution in [2.75, 3.05) is 0 Å². The number of benzene rings is 13. The fourth-order valence-electron chi connectivity index (χ4n) is 10.2. The molecule has 0 aliphatic heterocycles. The Morgan fingerprint density at radius 2 is 0.355 bits per heavy atom. The topological polar surface area (TPSA) is 0 Å². The minimum absolute atomic E-state index is 1.21. The lowest BCUT2D eigenvalue weighted by Crippen LogP contribution is -1.87. The molecule has 0 nitrogen and oxygen atoms in total. The van der Waals surface area contributed by atoms with Crippen molar-refractivity contribution in [3.05, 3.63) is 231 Å². The number of hydrogen-bond acceptors (Lipinski definition) is 0. The third-order valence-corrected chi connectivity index (χ3v) is 13.4. The summed E-state index contributed by atoms with van der Waals surface area (Å²) in [6.45, 7) is 0. The number of rotatable bonds is 6. The van der Waals surface area contributed by atoms with Crippen molar-refractivity contribution in [3.8, 4) is 66.8 Å². The highest BCUT2D eigenvalue weighted by molar-refractivity contribution is 6.26. The zero-order chi connectivity index (χ0) is 40.7. The van der Waals surface area contributed by atoms with Crippen LogP contribution in [-0.4, -0.2) is 0 Å². The third kappa shape index (κ3) is 5.54. The van der Waals surface area contributed by atoms with E-state index in [-0.39, 0.29) is 0 Å². The Bertz CT molecular complexity index is 3490. The molecular formula is C62H38. The van der Waals surface area contributed by atoms with Crippen molar-refractivity contribution >= 4 is 64.6 Å². The van der Waals surface area contributed by atoms with Crippen molar-refractivity contribution in [2.24, 2.45) is 0 Å². The van der Waals surface area contributed by atoms with Crippen molar-refractivity contribution < 1.29 is 0 Å². The van der Waals surface area contributed by atoms with Gasteiger partial charge in [0.1, 0.15) is 0 Å². The SMILES string of the molecule is c1cc2ccc3ccc(-c4ccc(-c5ccc(-c6ccc(-c7ccc(-c8ccc(-c9ccc%10ccc%11cccc%12ccc9c%10c%11%12)cc8)cc7)cc6)cc5)cc4)c4ccc(c1)c2c34. The van der Waals surface area contributed by atoms with Crippen LogP contribution in [0.15, 0.2) is 231 Å². The van der Waals surface area contributed by atoms with Gasteiger partial charge < -0.3 is 0 Å². The summed E-state index contributed by atoms with van der Waals surface area (Å²) in [4.78, 5) is 0. The summed E-state index contributed by atoms with van der Waals surface area (Å²) in [7, 11) is 0. The molecule has 0 fully saturated rings. The maximum absolute atomic E-state index is 2.30. The van der Waals surface area contributed by atoms with Gasteiger partial charge in [0.15, 0.2) is 0 Å². The fraction of sp³-hybridized carbons (Fsp3) is 0. The second kappa shape index (κ2) is 13.7. The van der Waals surface area contributed by atoms with Gasteiger partial charge in [-0.15, -0.1) is 0 Å². The van der Waals surface area contributed by atoms with Gasteiger partial charge in [0.05, 0.1) is 0 Å². The molecule has 0 saturated carbocycles. The molecule has 0 aliphatic rings. The molecule has 0 bridgehead atoms. The smallest absolute Gasteiger partial charge is 0.00206 e. The van der Waals surface area contributed by atoms with Crippen LogP contribution in [0.5, 0.6) is 0 Å². The average Bonchev–Trinajstić information content (AvgIpc) is 3.35. The van der Waals surface area contributed by atoms with Crippen LogP contribution in [0.25, 0.3) is 131 Å². The molecular weight excluding hydrogens is 745 g/mol. The molecule has 0 atom stereocenters. The Labute approximate surface area is 360 Å². The molecule has 0 spiro atoms. The van der Waals surface area contributed by atoms with Crippen molar-refractivity contribution in [3.63, 3.8) is 0 Å². The molecule has 0 aliphatic carbocycles. The molecule has 13 aromatic carbocycles. The van der Waals surface area contributed by atoms with E-state index in [4.69, 9.17) is 0 Å². The lowest BCUT2D eigenvalue weighted by molar-refractivity contribution is 1.57. The quantitative estimate of drug-likeness (QED) is 0.147. The predicted octanol–water partition coefficient (Wildman–Crippen LogP) is 17.5. The molecule has 62 heavy (non-hydrogen) atoms. The average molecular weight is 783 g/mol. The Balaban J connectivity index is 0.712. The van der Waals surface area contributed by atoms with Crippen LogP contribution in [-0.2, 0) is 0 Å². The van der Waals surface area contributed by atoms with E-state index in [0.29, 0.717) is 0 Å². The fourth-order valence-corrected chi connectivity index (χ4v) is 10.2. The first-order valence-electron chi connectivity index (χ1n) is 21.6. The maximum Gasteiger partial charge on any atom is -0.00206 e. The van der Waals surface area contributed by atoms with Crippen LogP contribution in [0, 0.1) is 0 Å². The lowest BCUT2D eigenvalue weighted by Gasteiger charge is -2.14. The first kappa shape index (κ1) is 34.8. The van der Waals surface area contributed by atoms with Gasteiger partial charge in [0.2, 0.25) is 0 Å². The molecule has 13 aromatic rings. The normalized spacial score (nSPS) is 11.9. The Morgan fingerprint density at radius 3 is 0.629 bits per heavy atom. The van der Waals surface area contributed by atoms with E-state index in [1.807, 2.05) is 0 Å². The van der Waals surface area contributed by atoms with Crippen LogP contribution in [0.4, 0.5) is 0 Å². The first-order chi connectivity index (χ1) is 30.7. The molecule has 0 heterocycles. The highest BCUT2D eigenvalue weighted by Crippen LogP contribution is 2.42. The minimum Gasteiger partial charge on any atom is -0.0610 e. The third-order valence-electron chi connectivity index (χ3n) is 13.4. The van der Waals surface area contributed by atoms with Crippen LogP contribution >= 0.6 is 0 Å². The summed E-state index contributed by atoms with van der Waals surface area (Å²) in [5, 5.41) is 15.8. The monoisotopic (exact) mass is 782 g/mol. The summed E-state index contributed by atoms with van der Waals surface area (Å²) in [6, 6.07) is 85.4. The highest BCUT2D eigenvalue weighted by Gasteiger charge is 2.14. The van der Waals surface area contributed by atoms with Crippen molar-refractivity contribution in [2.45, 2.75) is 0 Å². The van der Waals surface area contributed by atoms with Crippen molar-refractivity contribution in [1.82, 2.24) is 0 Å². The van der Waals surface area contributed by atoms with E-state index in [2.05, 4.69) is 231 Å². The van der Waals surface area contributed by atoms with E-state index in [1.165, 1.54) is 131 Å².